The zero-order valence-electron chi connectivity index (χ0n) is 29.5. The Hall–Kier alpha value is -2.06. The average molecular weight is 665 g/mol. The highest BCUT2D eigenvalue weighted by atomic mass is 31.2. The summed E-state index contributed by atoms with van der Waals surface area (Å²) in [5.41, 5.74) is 0. The van der Waals surface area contributed by atoms with E-state index in [1.165, 1.54) is 0 Å². The van der Waals surface area contributed by atoms with Gasteiger partial charge in [-0.15, -0.1) is 0 Å². The number of carbonyl (C=O) groups is 1. The average Bonchev–Trinajstić information content (AvgIpc) is 2.99. The third-order valence-electron chi connectivity index (χ3n) is 6.96. The number of aliphatic hydroxyl groups excluding tert-OH is 1. The van der Waals surface area contributed by atoms with Gasteiger partial charge in [0.2, 0.25) is 5.91 Å². The molecule has 8 nitrogen and oxygen atoms in total. The molecule has 0 bridgehead atoms. The Labute approximate surface area is 281 Å². The maximum absolute atomic E-state index is 12.6. The van der Waals surface area contributed by atoms with E-state index in [9.17, 15) is 19.4 Å². The Bertz CT molecular complexity index is 981. The van der Waals surface area contributed by atoms with Crippen LogP contribution in [-0.2, 0) is 18.4 Å². The molecule has 0 aliphatic heterocycles. The first kappa shape index (κ1) is 43.9. The van der Waals surface area contributed by atoms with Gasteiger partial charge in [-0.1, -0.05) is 106 Å². The second-order valence-electron chi connectivity index (χ2n) is 12.5. The highest BCUT2D eigenvalue weighted by molar-refractivity contribution is 7.45. The Morgan fingerprint density at radius 1 is 0.783 bits per heavy atom. The van der Waals surface area contributed by atoms with Gasteiger partial charge < -0.3 is 28.8 Å². The number of hydrogen-bond donors (Lipinski definition) is 2. The normalized spacial score (nSPS) is 15.7. The second-order valence-corrected chi connectivity index (χ2v) is 13.9. The van der Waals surface area contributed by atoms with Gasteiger partial charge in [0.1, 0.15) is 13.2 Å². The van der Waals surface area contributed by atoms with E-state index in [2.05, 4.69) is 92.1 Å². The van der Waals surface area contributed by atoms with Crippen LogP contribution in [0, 0.1) is 0 Å². The van der Waals surface area contributed by atoms with E-state index in [1.807, 2.05) is 21.1 Å². The van der Waals surface area contributed by atoms with Crippen LogP contribution in [-0.4, -0.2) is 68.5 Å². The molecule has 0 aromatic heterocycles. The first-order valence-corrected chi connectivity index (χ1v) is 18.7. The molecule has 3 atom stereocenters. The van der Waals surface area contributed by atoms with Crippen molar-refractivity contribution in [3.63, 3.8) is 0 Å². The monoisotopic (exact) mass is 664 g/mol. The summed E-state index contributed by atoms with van der Waals surface area (Å²) in [6, 6.07) is -0.822. The van der Waals surface area contributed by atoms with Crippen molar-refractivity contribution in [1.82, 2.24) is 5.32 Å². The Morgan fingerprint density at radius 3 is 1.80 bits per heavy atom. The lowest BCUT2D eigenvalue weighted by Crippen LogP contribution is -2.46. The summed E-state index contributed by atoms with van der Waals surface area (Å²) in [4.78, 5) is 24.8. The van der Waals surface area contributed by atoms with Crippen LogP contribution in [0.1, 0.15) is 104 Å². The standard InChI is InChI=1S/C37H65N2O6P/c1-6-8-10-11-12-13-14-15-16-17-18-19-20-21-22-23-24-25-26-27-29-31-37(41)38-35(36(40)30-28-9-7-2)34-45-46(42,43)44-33-32-39(3,4)5/h8,10,12-13,15-16,18-19,21-22,24-25,35-36,40H,6-7,9,11,14,17,20,23,26-34H2,1-5H3,(H-,38,41,42,43)/b10-8-,13-12-,16-15-,19-18-,22-21-,25-24-. The topological polar surface area (TPSA) is 108 Å². The molecule has 2 N–H and O–H groups in total. The molecule has 1 amide bonds. The van der Waals surface area contributed by atoms with Gasteiger partial charge in [0.25, 0.3) is 7.82 Å². The maximum Gasteiger partial charge on any atom is 0.268 e. The number of rotatable bonds is 29. The Balaban J connectivity index is 4.28. The number of amides is 1. The number of aliphatic hydroxyl groups is 1. The molecular formula is C37H65N2O6P. The summed E-state index contributed by atoms with van der Waals surface area (Å²) < 4.78 is 22.8. The molecular weight excluding hydrogens is 599 g/mol. The van der Waals surface area contributed by atoms with E-state index in [-0.39, 0.29) is 19.1 Å². The summed E-state index contributed by atoms with van der Waals surface area (Å²) in [6.07, 6.45) is 37.0. The van der Waals surface area contributed by atoms with Crippen LogP contribution in [0.5, 0.6) is 0 Å². The molecule has 0 rings (SSSR count). The molecule has 0 aliphatic carbocycles. The van der Waals surface area contributed by atoms with E-state index < -0.39 is 20.0 Å². The fraction of sp³-hybridized carbons (Fsp3) is 0.649. The SMILES string of the molecule is CC/C=C\C/C=C\C/C=C\C/C=C\C/C=C\C/C=C\CCCCC(=O)NC(COP(=O)([O-])OCC[N+](C)(C)C)C(O)CCCCC. The molecule has 46 heavy (non-hydrogen) atoms. The summed E-state index contributed by atoms with van der Waals surface area (Å²) in [6.45, 7) is 4.34. The maximum atomic E-state index is 12.6. The van der Waals surface area contributed by atoms with Crippen LogP contribution < -0.4 is 10.2 Å². The van der Waals surface area contributed by atoms with Gasteiger partial charge in [-0.25, -0.2) is 0 Å². The molecule has 3 unspecified atom stereocenters. The van der Waals surface area contributed by atoms with Gasteiger partial charge in [-0.05, 0) is 64.2 Å². The van der Waals surface area contributed by atoms with Crippen molar-refractivity contribution in [3.05, 3.63) is 72.9 Å². The molecule has 0 spiro atoms. The minimum Gasteiger partial charge on any atom is -0.756 e. The van der Waals surface area contributed by atoms with E-state index in [0.29, 0.717) is 30.3 Å². The van der Waals surface area contributed by atoms with Crippen molar-refractivity contribution in [1.29, 1.82) is 0 Å². The number of quaternary nitrogens is 1. The van der Waals surface area contributed by atoms with E-state index in [1.54, 1.807) is 0 Å². The predicted octanol–water partition coefficient (Wildman–Crippen LogP) is 7.88. The number of phosphoric ester groups is 1. The molecule has 0 fully saturated rings. The molecule has 0 aliphatic rings. The summed E-state index contributed by atoms with van der Waals surface area (Å²) >= 11 is 0. The zero-order chi connectivity index (χ0) is 34.4. The predicted molar refractivity (Wildman–Crippen MR) is 191 cm³/mol. The number of phosphoric acid groups is 1. The number of unbranched alkanes of at least 4 members (excludes halogenated alkanes) is 4. The lowest BCUT2D eigenvalue weighted by atomic mass is 10.0. The van der Waals surface area contributed by atoms with Crippen molar-refractivity contribution < 1.29 is 32.9 Å². The van der Waals surface area contributed by atoms with Crippen LogP contribution >= 0.6 is 7.82 Å². The van der Waals surface area contributed by atoms with E-state index >= 15 is 0 Å². The van der Waals surface area contributed by atoms with Gasteiger partial charge in [0, 0.05) is 6.42 Å². The number of carbonyl (C=O) groups excluding carboxylic acids is 1. The van der Waals surface area contributed by atoms with Crippen molar-refractivity contribution >= 4 is 13.7 Å². The number of nitrogens with one attached hydrogen (secondary N) is 1. The van der Waals surface area contributed by atoms with Gasteiger partial charge in [-0.2, -0.15) is 0 Å². The lowest BCUT2D eigenvalue weighted by molar-refractivity contribution is -0.870. The largest absolute Gasteiger partial charge is 0.756 e. The summed E-state index contributed by atoms with van der Waals surface area (Å²) in [5, 5.41) is 13.4. The Morgan fingerprint density at radius 2 is 1.30 bits per heavy atom. The molecule has 0 saturated heterocycles. The second kappa shape index (κ2) is 29.1. The minimum absolute atomic E-state index is 0.00286. The molecule has 9 heteroatoms. The number of allylic oxidation sites excluding steroid dienone is 12. The highest BCUT2D eigenvalue weighted by Crippen LogP contribution is 2.38. The van der Waals surface area contributed by atoms with Gasteiger partial charge in [0.15, 0.2) is 0 Å². The van der Waals surface area contributed by atoms with Crippen molar-refractivity contribution in [2.24, 2.45) is 0 Å². The first-order chi connectivity index (χ1) is 22.0. The first-order valence-electron chi connectivity index (χ1n) is 17.3. The Kier molecular flexibility index (Phi) is 27.8. The number of nitrogens with zero attached hydrogens (tertiary/aromatic N) is 1. The fourth-order valence-electron chi connectivity index (χ4n) is 4.16. The van der Waals surface area contributed by atoms with E-state index in [0.717, 1.165) is 70.6 Å². The van der Waals surface area contributed by atoms with Crippen LogP contribution in [0.4, 0.5) is 0 Å². The van der Waals surface area contributed by atoms with Crippen LogP contribution in [0.2, 0.25) is 0 Å². The zero-order valence-corrected chi connectivity index (χ0v) is 30.4. The van der Waals surface area contributed by atoms with Crippen molar-refractivity contribution in [2.75, 3.05) is 40.9 Å². The molecule has 0 saturated carbocycles. The number of hydrogen-bond acceptors (Lipinski definition) is 6. The third-order valence-corrected chi connectivity index (χ3v) is 7.92. The van der Waals surface area contributed by atoms with Crippen LogP contribution in [0.3, 0.4) is 0 Å². The molecule has 0 aromatic rings. The quantitative estimate of drug-likeness (QED) is 0.0365. The van der Waals surface area contributed by atoms with Gasteiger partial charge >= 0.3 is 0 Å². The summed E-state index contributed by atoms with van der Waals surface area (Å²) in [5.74, 6) is -0.224. The van der Waals surface area contributed by atoms with Gasteiger partial charge in [-0.3, -0.25) is 9.36 Å². The summed E-state index contributed by atoms with van der Waals surface area (Å²) in [7, 11) is 1.25. The molecule has 0 aromatic carbocycles. The number of likely N-dealkylation sites (N-methyl/N-ethyl adjacent to an activating group) is 1. The van der Waals surface area contributed by atoms with Crippen molar-refractivity contribution in [2.45, 2.75) is 116 Å². The highest BCUT2D eigenvalue weighted by Gasteiger charge is 2.24. The molecule has 0 heterocycles. The molecule has 0 radical (unpaired) electrons. The minimum atomic E-state index is -4.55. The van der Waals surface area contributed by atoms with Crippen molar-refractivity contribution in [3.8, 4) is 0 Å². The van der Waals surface area contributed by atoms with Crippen LogP contribution in [0.15, 0.2) is 72.9 Å². The third kappa shape index (κ3) is 30.6. The van der Waals surface area contributed by atoms with Gasteiger partial charge in [0.05, 0.1) is 39.9 Å². The van der Waals surface area contributed by atoms with E-state index in [4.69, 9.17) is 9.05 Å². The smallest absolute Gasteiger partial charge is 0.268 e. The molecule has 264 valence electrons. The lowest BCUT2D eigenvalue weighted by Gasteiger charge is -2.30. The fourth-order valence-corrected chi connectivity index (χ4v) is 4.88. The van der Waals surface area contributed by atoms with Crippen LogP contribution in [0.25, 0.3) is 0 Å².